The van der Waals surface area contributed by atoms with Crippen LogP contribution in [0.3, 0.4) is 0 Å². The molecule has 0 radical (unpaired) electrons. The van der Waals surface area contributed by atoms with Gasteiger partial charge in [-0.25, -0.2) is 13.6 Å². The first kappa shape index (κ1) is 14.4. The molecule has 7 heteroatoms. The first-order valence-corrected chi connectivity index (χ1v) is 6.25. The van der Waals surface area contributed by atoms with Gasteiger partial charge >= 0.3 is 5.97 Å². The largest absolute Gasteiger partial charge is 0.478 e. The third kappa shape index (κ3) is 3.11. The Labute approximate surface area is 114 Å². The molecule has 5 nitrogen and oxygen atoms in total. The molecule has 3 N–H and O–H groups in total. The topological polar surface area (TPSA) is 78.4 Å². The number of amides is 1. The number of hydrogen-bond donors (Lipinski definition) is 3. The number of piperidine rings is 1. The summed E-state index contributed by atoms with van der Waals surface area (Å²) in [4.78, 5) is 22.7. The number of carbonyl (C=O) groups is 2. The Kier molecular flexibility index (Phi) is 4.29. The molecule has 1 unspecified atom stereocenters. The maximum atomic E-state index is 13.6. The summed E-state index contributed by atoms with van der Waals surface area (Å²) in [6.45, 7) is 0.699. The van der Waals surface area contributed by atoms with Gasteiger partial charge in [-0.1, -0.05) is 6.42 Å². The molecule has 1 amide bonds. The van der Waals surface area contributed by atoms with E-state index in [-0.39, 0.29) is 5.69 Å². The van der Waals surface area contributed by atoms with Crippen molar-refractivity contribution in [1.82, 2.24) is 5.32 Å². The summed E-state index contributed by atoms with van der Waals surface area (Å²) >= 11 is 0. The van der Waals surface area contributed by atoms with E-state index in [0.717, 1.165) is 18.9 Å². The van der Waals surface area contributed by atoms with Crippen molar-refractivity contribution in [2.45, 2.75) is 25.3 Å². The van der Waals surface area contributed by atoms with Gasteiger partial charge < -0.3 is 15.7 Å². The Morgan fingerprint density at radius 1 is 1.25 bits per heavy atom. The lowest BCUT2D eigenvalue weighted by Gasteiger charge is -2.22. The number of hydrogen-bond acceptors (Lipinski definition) is 3. The van der Waals surface area contributed by atoms with Gasteiger partial charge in [-0.05, 0) is 25.5 Å². The van der Waals surface area contributed by atoms with Crippen molar-refractivity contribution in [2.24, 2.45) is 0 Å². The van der Waals surface area contributed by atoms with Crippen molar-refractivity contribution in [3.05, 3.63) is 29.3 Å². The number of nitrogens with one attached hydrogen (secondary N) is 2. The molecule has 108 valence electrons. The van der Waals surface area contributed by atoms with Crippen molar-refractivity contribution >= 4 is 17.6 Å². The summed E-state index contributed by atoms with van der Waals surface area (Å²) in [5.74, 6) is -4.15. The number of anilines is 1. The summed E-state index contributed by atoms with van der Waals surface area (Å²) in [6, 6.07) is 0.794. The van der Waals surface area contributed by atoms with Crippen LogP contribution in [0.25, 0.3) is 0 Å². The number of rotatable bonds is 3. The maximum Gasteiger partial charge on any atom is 0.338 e. The number of halogens is 2. The molecule has 1 atom stereocenters. The molecule has 0 aliphatic carbocycles. The minimum absolute atomic E-state index is 0.332. The van der Waals surface area contributed by atoms with E-state index in [1.165, 1.54) is 0 Å². The zero-order valence-corrected chi connectivity index (χ0v) is 10.6. The Morgan fingerprint density at radius 2 is 2.00 bits per heavy atom. The quantitative estimate of drug-likeness (QED) is 0.790. The van der Waals surface area contributed by atoms with Crippen LogP contribution >= 0.6 is 0 Å². The standard InChI is InChI=1S/C13H14F2N2O3/c14-8-6-9(15)11(5-7(8)13(19)20)17-12(18)10-3-1-2-4-16-10/h5-6,10,16H,1-4H2,(H,17,18)(H,19,20). The van der Waals surface area contributed by atoms with Crippen LogP contribution in [0.15, 0.2) is 12.1 Å². The van der Waals surface area contributed by atoms with Gasteiger partial charge in [0.2, 0.25) is 5.91 Å². The highest BCUT2D eigenvalue weighted by molar-refractivity contribution is 5.96. The Morgan fingerprint density at radius 3 is 2.60 bits per heavy atom. The molecule has 2 rings (SSSR count). The van der Waals surface area contributed by atoms with Crippen LogP contribution in [0.1, 0.15) is 29.6 Å². The molecule has 1 heterocycles. The van der Waals surface area contributed by atoms with Crippen LogP contribution < -0.4 is 10.6 Å². The normalized spacial score (nSPS) is 18.6. The fraction of sp³-hybridized carbons (Fsp3) is 0.385. The van der Waals surface area contributed by atoms with Gasteiger partial charge in [-0.2, -0.15) is 0 Å². The van der Waals surface area contributed by atoms with E-state index < -0.39 is 35.1 Å². The highest BCUT2D eigenvalue weighted by atomic mass is 19.1. The average Bonchev–Trinajstić information content (AvgIpc) is 2.42. The second kappa shape index (κ2) is 5.96. The molecule has 0 bridgehead atoms. The lowest BCUT2D eigenvalue weighted by molar-refractivity contribution is -0.118. The van der Waals surface area contributed by atoms with Crippen molar-refractivity contribution in [1.29, 1.82) is 0 Å². The summed E-state index contributed by atoms with van der Waals surface area (Å²) in [7, 11) is 0. The highest BCUT2D eigenvalue weighted by Gasteiger charge is 2.22. The van der Waals surface area contributed by atoms with Crippen LogP contribution in [0.5, 0.6) is 0 Å². The van der Waals surface area contributed by atoms with E-state index in [4.69, 9.17) is 5.11 Å². The zero-order chi connectivity index (χ0) is 14.7. The summed E-state index contributed by atoms with van der Waals surface area (Å²) in [6.07, 6.45) is 2.48. The summed E-state index contributed by atoms with van der Waals surface area (Å²) in [5, 5.41) is 14.1. The van der Waals surface area contributed by atoms with Crippen LogP contribution in [0.4, 0.5) is 14.5 Å². The zero-order valence-electron chi connectivity index (χ0n) is 10.6. The molecular formula is C13H14F2N2O3. The monoisotopic (exact) mass is 284 g/mol. The van der Waals surface area contributed by atoms with Crippen LogP contribution in [-0.4, -0.2) is 29.6 Å². The predicted octanol–water partition coefficient (Wildman–Crippen LogP) is 1.74. The van der Waals surface area contributed by atoms with Gasteiger partial charge in [0.05, 0.1) is 17.3 Å². The van der Waals surface area contributed by atoms with Crippen molar-refractivity contribution in [2.75, 3.05) is 11.9 Å². The molecule has 1 aliphatic rings. The lowest BCUT2D eigenvalue weighted by atomic mass is 10.0. The summed E-state index contributed by atoms with van der Waals surface area (Å²) < 4.78 is 26.8. The van der Waals surface area contributed by atoms with Crippen molar-refractivity contribution in [3.63, 3.8) is 0 Å². The highest BCUT2D eigenvalue weighted by Crippen LogP contribution is 2.20. The third-order valence-electron chi connectivity index (χ3n) is 3.17. The van der Waals surface area contributed by atoms with E-state index in [1.54, 1.807) is 0 Å². The summed E-state index contributed by atoms with van der Waals surface area (Å²) in [5.41, 5.74) is -1.01. The number of aromatic carboxylic acids is 1. The minimum Gasteiger partial charge on any atom is -0.478 e. The van der Waals surface area contributed by atoms with Crippen molar-refractivity contribution < 1.29 is 23.5 Å². The van der Waals surface area contributed by atoms with Gasteiger partial charge in [0.15, 0.2) is 0 Å². The van der Waals surface area contributed by atoms with Crippen LogP contribution in [-0.2, 0) is 4.79 Å². The van der Waals surface area contributed by atoms with Crippen LogP contribution in [0.2, 0.25) is 0 Å². The SMILES string of the molecule is O=C(O)c1cc(NC(=O)C2CCCCN2)c(F)cc1F. The Bertz CT molecular complexity index is 543. The number of carboxylic acid groups (broad SMARTS) is 1. The van der Waals surface area contributed by atoms with Crippen LogP contribution in [0, 0.1) is 11.6 Å². The van der Waals surface area contributed by atoms with E-state index in [1.807, 2.05) is 0 Å². The maximum absolute atomic E-state index is 13.6. The van der Waals surface area contributed by atoms with Crippen molar-refractivity contribution in [3.8, 4) is 0 Å². The molecule has 1 saturated heterocycles. The second-order valence-corrected chi connectivity index (χ2v) is 4.61. The molecule has 1 aromatic rings. The van der Waals surface area contributed by atoms with E-state index >= 15 is 0 Å². The van der Waals surface area contributed by atoms with Gasteiger partial charge in [0.1, 0.15) is 11.6 Å². The molecular weight excluding hydrogens is 270 g/mol. The van der Waals surface area contributed by atoms with Gasteiger partial charge in [0, 0.05) is 6.07 Å². The first-order valence-electron chi connectivity index (χ1n) is 6.25. The number of carbonyl (C=O) groups excluding carboxylic acids is 1. The van der Waals surface area contributed by atoms with E-state index in [2.05, 4.69) is 10.6 Å². The van der Waals surface area contributed by atoms with Gasteiger partial charge in [-0.15, -0.1) is 0 Å². The lowest BCUT2D eigenvalue weighted by Crippen LogP contribution is -2.43. The third-order valence-corrected chi connectivity index (χ3v) is 3.17. The van der Waals surface area contributed by atoms with E-state index in [9.17, 15) is 18.4 Å². The molecule has 0 aromatic heterocycles. The predicted molar refractivity (Wildman–Crippen MR) is 67.6 cm³/mol. The number of carboxylic acids is 1. The van der Waals surface area contributed by atoms with Gasteiger partial charge in [-0.3, -0.25) is 4.79 Å². The smallest absolute Gasteiger partial charge is 0.338 e. The fourth-order valence-corrected chi connectivity index (χ4v) is 2.10. The molecule has 1 aliphatic heterocycles. The molecule has 1 aromatic carbocycles. The Hall–Kier alpha value is -2.02. The Balaban J connectivity index is 2.18. The van der Waals surface area contributed by atoms with Gasteiger partial charge in [0.25, 0.3) is 0 Å². The first-order chi connectivity index (χ1) is 9.49. The molecule has 0 spiro atoms. The van der Waals surface area contributed by atoms with E-state index in [0.29, 0.717) is 19.0 Å². The minimum atomic E-state index is -1.52. The molecule has 20 heavy (non-hydrogen) atoms. The average molecular weight is 284 g/mol. The second-order valence-electron chi connectivity index (χ2n) is 4.61. The fourth-order valence-electron chi connectivity index (χ4n) is 2.10. The molecule has 0 saturated carbocycles. The number of benzene rings is 1. The molecule has 1 fully saturated rings.